The highest BCUT2D eigenvalue weighted by atomic mass is 19.1. The predicted molar refractivity (Wildman–Crippen MR) is 112 cm³/mol. The van der Waals surface area contributed by atoms with Crippen LogP contribution >= 0.6 is 0 Å². The maximum atomic E-state index is 13.8. The Kier molecular flexibility index (Phi) is 5.78. The molecule has 2 amide bonds. The average Bonchev–Trinajstić information content (AvgIpc) is 2.75. The molecule has 29 heavy (non-hydrogen) atoms. The summed E-state index contributed by atoms with van der Waals surface area (Å²) in [5, 5.41) is 2.66. The Morgan fingerprint density at radius 2 is 1.55 bits per heavy atom. The molecule has 3 heterocycles. The minimum Gasteiger partial charge on any atom is -0.356 e. The van der Waals surface area contributed by atoms with Crippen molar-refractivity contribution in [2.24, 2.45) is 0 Å². The first-order chi connectivity index (χ1) is 14.1. The Labute approximate surface area is 170 Å². The van der Waals surface area contributed by atoms with E-state index in [9.17, 15) is 9.18 Å². The number of nitrogens with zero attached hydrogens (tertiary/aromatic N) is 5. The van der Waals surface area contributed by atoms with Crippen LogP contribution in [0.3, 0.4) is 0 Å². The van der Waals surface area contributed by atoms with Gasteiger partial charge < -0.3 is 20.0 Å². The molecule has 0 radical (unpaired) electrons. The van der Waals surface area contributed by atoms with Gasteiger partial charge in [0.05, 0.1) is 5.69 Å². The molecular weight excluding hydrogens is 371 g/mol. The van der Waals surface area contributed by atoms with Crippen LogP contribution in [-0.4, -0.2) is 60.2 Å². The van der Waals surface area contributed by atoms with Gasteiger partial charge in [0.2, 0.25) is 0 Å². The number of anilines is 3. The summed E-state index contributed by atoms with van der Waals surface area (Å²) >= 11 is 0. The third kappa shape index (κ3) is 4.58. The number of amides is 2. The van der Waals surface area contributed by atoms with Crippen molar-refractivity contribution in [1.82, 2.24) is 14.9 Å². The minimum atomic E-state index is -0.429. The van der Waals surface area contributed by atoms with Crippen LogP contribution in [0.1, 0.15) is 25.1 Å². The molecule has 7 nitrogen and oxygen atoms in total. The van der Waals surface area contributed by atoms with Crippen molar-refractivity contribution in [3.05, 3.63) is 42.0 Å². The molecule has 0 saturated carbocycles. The standard InChI is InChI=1S/C21H27FN6O/c1-16-23-19(26-9-5-2-6-10-26)15-20(24-16)27-11-13-28(14-12-27)21(29)25-18-8-4-3-7-17(18)22/h3-4,7-8,15H,2,5-6,9-14H2,1H3,(H,25,29). The van der Waals surface area contributed by atoms with E-state index in [0.717, 1.165) is 30.5 Å². The molecule has 8 heteroatoms. The Hall–Kier alpha value is -2.90. The van der Waals surface area contributed by atoms with Crippen molar-refractivity contribution in [1.29, 1.82) is 0 Å². The highest BCUT2D eigenvalue weighted by Crippen LogP contribution is 2.23. The van der Waals surface area contributed by atoms with E-state index in [1.165, 1.54) is 25.3 Å². The van der Waals surface area contributed by atoms with Gasteiger partial charge in [-0.1, -0.05) is 12.1 Å². The Bertz CT molecular complexity index is 862. The summed E-state index contributed by atoms with van der Waals surface area (Å²) < 4.78 is 13.8. The van der Waals surface area contributed by atoms with Crippen molar-refractivity contribution in [3.8, 4) is 0 Å². The lowest BCUT2D eigenvalue weighted by molar-refractivity contribution is 0.208. The van der Waals surface area contributed by atoms with Gasteiger partial charge >= 0.3 is 6.03 Å². The van der Waals surface area contributed by atoms with Crippen LogP contribution in [0.25, 0.3) is 0 Å². The zero-order chi connectivity index (χ0) is 20.2. The number of piperidine rings is 1. The highest BCUT2D eigenvalue weighted by Gasteiger charge is 2.24. The molecule has 4 rings (SSSR count). The Balaban J connectivity index is 1.38. The van der Waals surface area contributed by atoms with Crippen molar-refractivity contribution >= 4 is 23.4 Å². The van der Waals surface area contributed by atoms with E-state index in [1.807, 2.05) is 6.92 Å². The number of rotatable bonds is 3. The predicted octanol–water partition coefficient (Wildman–Crippen LogP) is 3.27. The molecule has 1 aromatic carbocycles. The lowest BCUT2D eigenvalue weighted by Crippen LogP contribution is -2.50. The summed E-state index contributed by atoms with van der Waals surface area (Å²) in [7, 11) is 0. The van der Waals surface area contributed by atoms with Crippen LogP contribution in [0.2, 0.25) is 0 Å². The van der Waals surface area contributed by atoms with Crippen molar-refractivity contribution in [2.75, 3.05) is 54.4 Å². The molecule has 0 bridgehead atoms. The monoisotopic (exact) mass is 398 g/mol. The lowest BCUT2D eigenvalue weighted by Gasteiger charge is -2.36. The number of para-hydroxylation sites is 1. The summed E-state index contributed by atoms with van der Waals surface area (Å²) in [4.78, 5) is 28.0. The summed E-state index contributed by atoms with van der Waals surface area (Å²) in [6, 6.07) is 8.00. The van der Waals surface area contributed by atoms with Crippen molar-refractivity contribution in [3.63, 3.8) is 0 Å². The fourth-order valence-corrected chi connectivity index (χ4v) is 3.88. The van der Waals surface area contributed by atoms with Crippen LogP contribution in [-0.2, 0) is 0 Å². The lowest BCUT2D eigenvalue weighted by atomic mass is 10.1. The van der Waals surface area contributed by atoms with Crippen LogP contribution in [0.15, 0.2) is 30.3 Å². The number of halogens is 1. The van der Waals surface area contributed by atoms with Gasteiger partial charge in [-0.3, -0.25) is 0 Å². The number of hydrogen-bond donors (Lipinski definition) is 1. The minimum absolute atomic E-state index is 0.206. The highest BCUT2D eigenvalue weighted by molar-refractivity contribution is 5.89. The molecule has 0 spiro atoms. The van der Waals surface area contributed by atoms with Crippen LogP contribution in [0, 0.1) is 12.7 Å². The Morgan fingerprint density at radius 1 is 0.931 bits per heavy atom. The molecule has 0 aliphatic carbocycles. The number of aromatic nitrogens is 2. The largest absolute Gasteiger partial charge is 0.356 e. The molecule has 2 fully saturated rings. The summed E-state index contributed by atoms with van der Waals surface area (Å²) in [6.07, 6.45) is 3.69. The molecule has 2 aromatic rings. The van der Waals surface area contributed by atoms with Gasteiger partial charge in [-0.2, -0.15) is 0 Å². The topological polar surface area (TPSA) is 64.6 Å². The van der Waals surface area contributed by atoms with Crippen LogP contribution in [0.5, 0.6) is 0 Å². The first-order valence-corrected chi connectivity index (χ1v) is 10.3. The van der Waals surface area contributed by atoms with Crippen molar-refractivity contribution < 1.29 is 9.18 Å². The third-order valence-electron chi connectivity index (χ3n) is 5.50. The molecule has 1 aromatic heterocycles. The third-order valence-corrected chi connectivity index (χ3v) is 5.50. The number of carbonyl (C=O) groups is 1. The second-order valence-electron chi connectivity index (χ2n) is 7.56. The second-order valence-corrected chi connectivity index (χ2v) is 7.56. The molecule has 1 N–H and O–H groups in total. The SMILES string of the molecule is Cc1nc(N2CCCCC2)cc(N2CCN(C(=O)Nc3ccccc3F)CC2)n1. The van der Waals surface area contributed by atoms with E-state index in [0.29, 0.717) is 26.2 Å². The number of carbonyl (C=O) groups excluding carboxylic acids is 1. The van der Waals surface area contributed by atoms with Crippen LogP contribution in [0.4, 0.5) is 26.5 Å². The molecule has 2 saturated heterocycles. The summed E-state index contributed by atoms with van der Waals surface area (Å²) in [5.41, 5.74) is 0.206. The zero-order valence-electron chi connectivity index (χ0n) is 16.8. The van der Waals surface area contributed by atoms with Gasteiger partial charge in [0.15, 0.2) is 0 Å². The number of aryl methyl sites for hydroxylation is 1. The molecule has 0 unspecified atom stereocenters. The van der Waals surface area contributed by atoms with E-state index >= 15 is 0 Å². The summed E-state index contributed by atoms with van der Waals surface area (Å²) in [6.45, 7) is 6.49. The molecule has 2 aliphatic heterocycles. The fraction of sp³-hybridized carbons (Fsp3) is 0.476. The Morgan fingerprint density at radius 3 is 2.21 bits per heavy atom. The number of piperazine rings is 1. The van der Waals surface area contributed by atoms with Gasteiger partial charge in [-0.25, -0.2) is 19.2 Å². The molecule has 2 aliphatic rings. The van der Waals surface area contributed by atoms with E-state index in [-0.39, 0.29) is 11.7 Å². The zero-order valence-corrected chi connectivity index (χ0v) is 16.8. The maximum absolute atomic E-state index is 13.8. The maximum Gasteiger partial charge on any atom is 0.322 e. The number of benzene rings is 1. The molecule has 0 atom stereocenters. The van der Waals surface area contributed by atoms with Gasteiger partial charge in [0, 0.05) is 45.3 Å². The van der Waals surface area contributed by atoms with Crippen molar-refractivity contribution in [2.45, 2.75) is 26.2 Å². The molecule has 154 valence electrons. The quantitative estimate of drug-likeness (QED) is 0.860. The normalized spacial score (nSPS) is 17.4. The average molecular weight is 398 g/mol. The van der Waals surface area contributed by atoms with Gasteiger partial charge in [0.25, 0.3) is 0 Å². The first-order valence-electron chi connectivity index (χ1n) is 10.3. The number of urea groups is 1. The summed E-state index contributed by atoms with van der Waals surface area (Å²) in [5.74, 6) is 2.24. The van der Waals surface area contributed by atoms with Crippen LogP contribution < -0.4 is 15.1 Å². The van der Waals surface area contributed by atoms with E-state index in [2.05, 4.69) is 31.2 Å². The van der Waals surface area contributed by atoms with Gasteiger partial charge in [0.1, 0.15) is 23.3 Å². The first kappa shape index (κ1) is 19.4. The van der Waals surface area contributed by atoms with E-state index in [4.69, 9.17) is 0 Å². The molecular formula is C21H27FN6O. The van der Waals surface area contributed by atoms with Gasteiger partial charge in [-0.15, -0.1) is 0 Å². The smallest absolute Gasteiger partial charge is 0.322 e. The van der Waals surface area contributed by atoms with E-state index in [1.54, 1.807) is 23.1 Å². The van der Waals surface area contributed by atoms with E-state index < -0.39 is 5.82 Å². The second kappa shape index (κ2) is 8.63. The fourth-order valence-electron chi connectivity index (χ4n) is 3.88. The number of hydrogen-bond acceptors (Lipinski definition) is 5. The number of nitrogens with one attached hydrogen (secondary N) is 1. The van der Waals surface area contributed by atoms with Gasteiger partial charge in [-0.05, 0) is 38.3 Å².